The Balaban J connectivity index is 1.88. The summed E-state index contributed by atoms with van der Waals surface area (Å²) >= 11 is 3.43. The summed E-state index contributed by atoms with van der Waals surface area (Å²) in [5.41, 5.74) is 3.37. The lowest BCUT2D eigenvalue weighted by Crippen LogP contribution is -1.94. The molecule has 0 N–H and O–H groups in total. The molecule has 0 fully saturated rings. The molecule has 3 rings (SSSR count). The molecule has 0 bridgehead atoms. The molecular weight excluding hydrogens is 354 g/mol. The van der Waals surface area contributed by atoms with E-state index >= 15 is 0 Å². The molecule has 0 heterocycles. The van der Waals surface area contributed by atoms with E-state index in [1.54, 1.807) is 23.5 Å². The lowest BCUT2D eigenvalue weighted by molar-refractivity contribution is 1.42. The first kappa shape index (κ1) is 18.6. The van der Waals surface area contributed by atoms with Gasteiger partial charge in [-0.1, -0.05) is 72.1 Å². The van der Waals surface area contributed by atoms with Crippen molar-refractivity contribution >= 4 is 34.3 Å². The number of hydrogen-bond donors (Lipinski definition) is 0. The molecule has 0 spiro atoms. The lowest BCUT2D eigenvalue weighted by atomic mass is 10.2. The number of benzene rings is 3. The summed E-state index contributed by atoms with van der Waals surface area (Å²) in [6.07, 6.45) is 0. The van der Waals surface area contributed by atoms with Crippen LogP contribution < -0.4 is 0 Å². The molecule has 0 saturated heterocycles. The number of hydrogen-bond acceptors (Lipinski definition) is 3. The Hall–Kier alpha value is -2.23. The minimum absolute atomic E-state index is 0.987. The fourth-order valence-electron chi connectivity index (χ4n) is 2.31. The maximum absolute atomic E-state index is 4.92. The molecule has 0 unspecified atom stereocenters. The quantitative estimate of drug-likeness (QED) is 0.260. The summed E-state index contributed by atoms with van der Waals surface area (Å²) in [6, 6.07) is 29.1. The summed E-state index contributed by atoms with van der Waals surface area (Å²) in [6.45, 7) is 4.22. The van der Waals surface area contributed by atoms with Gasteiger partial charge in [-0.2, -0.15) is 0 Å². The zero-order chi connectivity index (χ0) is 18.2. The summed E-state index contributed by atoms with van der Waals surface area (Å²) in [5, 5.41) is 3.20. The first-order chi connectivity index (χ1) is 12.7. The third kappa shape index (κ3) is 5.65. The monoisotopic (exact) mass is 375 g/mol. The van der Waals surface area contributed by atoms with E-state index in [4.69, 9.17) is 4.99 Å². The molecule has 0 radical (unpaired) electrons. The molecule has 0 amide bonds. The first-order valence-corrected chi connectivity index (χ1v) is 10.2. The predicted octanol–water partition coefficient (Wildman–Crippen LogP) is 7.51. The van der Waals surface area contributed by atoms with Crippen LogP contribution in [0.15, 0.2) is 111 Å². The van der Waals surface area contributed by atoms with Crippen molar-refractivity contribution in [2.24, 2.45) is 4.99 Å². The summed E-state index contributed by atoms with van der Waals surface area (Å²) in [7, 11) is 0. The maximum atomic E-state index is 4.92. The number of aliphatic imine (C=N–C) groups is 1. The zero-order valence-electron chi connectivity index (χ0n) is 14.9. The summed E-state index contributed by atoms with van der Waals surface area (Å²) in [5.74, 6) is 0. The van der Waals surface area contributed by atoms with Crippen LogP contribution in [0.3, 0.4) is 0 Å². The van der Waals surface area contributed by atoms with Gasteiger partial charge in [0.25, 0.3) is 0 Å². The van der Waals surface area contributed by atoms with E-state index in [-0.39, 0.29) is 0 Å². The third-order valence-corrected chi connectivity index (χ3v) is 5.77. The molecular formula is C23H21NS2. The Morgan fingerprint density at radius 2 is 1.46 bits per heavy atom. The van der Waals surface area contributed by atoms with E-state index < -0.39 is 0 Å². The minimum Gasteiger partial charge on any atom is -0.241 e. The molecule has 0 aromatic heterocycles. The van der Waals surface area contributed by atoms with Crippen molar-refractivity contribution in [1.82, 2.24) is 0 Å². The van der Waals surface area contributed by atoms with Crippen LogP contribution in [0.1, 0.15) is 12.5 Å². The van der Waals surface area contributed by atoms with Gasteiger partial charge in [-0.25, -0.2) is 4.99 Å². The molecule has 0 atom stereocenters. The number of thioether (sulfide) groups is 2. The fraction of sp³-hybridized carbons (Fsp3) is 0.0870. The topological polar surface area (TPSA) is 12.4 Å². The van der Waals surface area contributed by atoms with E-state index in [0.717, 1.165) is 16.3 Å². The van der Waals surface area contributed by atoms with Gasteiger partial charge in [-0.15, -0.1) is 0 Å². The highest BCUT2D eigenvalue weighted by molar-refractivity contribution is 8.14. The standard InChI is InChI=1S/C23H21NS2/c1-18-10-9-11-20(16-18)24-23(26-22-14-7-4-8-15-22)19(2)17-25-21-12-5-3-6-13-21/h3-17H,1-2H3. The van der Waals surface area contributed by atoms with Crippen molar-refractivity contribution in [2.75, 3.05) is 0 Å². The van der Waals surface area contributed by atoms with E-state index in [1.807, 2.05) is 12.1 Å². The average Bonchev–Trinajstić information content (AvgIpc) is 2.67. The van der Waals surface area contributed by atoms with Crippen LogP contribution in [0.25, 0.3) is 0 Å². The molecule has 0 aliphatic carbocycles. The maximum Gasteiger partial charge on any atom is 0.105 e. The smallest absolute Gasteiger partial charge is 0.105 e. The predicted molar refractivity (Wildman–Crippen MR) is 117 cm³/mol. The largest absolute Gasteiger partial charge is 0.241 e. The molecule has 0 aliphatic rings. The number of aryl methyl sites for hydroxylation is 1. The Morgan fingerprint density at radius 3 is 2.12 bits per heavy atom. The van der Waals surface area contributed by atoms with Crippen molar-refractivity contribution in [3.8, 4) is 0 Å². The second-order valence-corrected chi connectivity index (χ2v) is 7.91. The zero-order valence-corrected chi connectivity index (χ0v) is 16.6. The first-order valence-electron chi connectivity index (χ1n) is 8.48. The lowest BCUT2D eigenvalue weighted by Gasteiger charge is -2.08. The molecule has 26 heavy (non-hydrogen) atoms. The van der Waals surface area contributed by atoms with E-state index in [0.29, 0.717) is 0 Å². The summed E-state index contributed by atoms with van der Waals surface area (Å²) in [4.78, 5) is 7.34. The van der Waals surface area contributed by atoms with Gasteiger partial charge in [0.2, 0.25) is 0 Å². The SMILES string of the molecule is CC(=CSc1ccccc1)C(=Nc1cccc(C)c1)Sc1ccccc1. The second kappa shape index (κ2) is 9.46. The van der Waals surface area contributed by atoms with Gasteiger partial charge >= 0.3 is 0 Å². The van der Waals surface area contributed by atoms with Crippen molar-refractivity contribution in [2.45, 2.75) is 23.6 Å². The minimum atomic E-state index is 0.987. The van der Waals surface area contributed by atoms with Crippen LogP contribution >= 0.6 is 23.5 Å². The van der Waals surface area contributed by atoms with Gasteiger partial charge in [-0.05, 0) is 66.8 Å². The van der Waals surface area contributed by atoms with E-state index in [1.165, 1.54) is 15.4 Å². The summed E-state index contributed by atoms with van der Waals surface area (Å²) < 4.78 is 0. The molecule has 3 aromatic rings. The van der Waals surface area contributed by atoms with Crippen LogP contribution in [0.5, 0.6) is 0 Å². The Labute approximate surface area is 164 Å². The second-order valence-electron chi connectivity index (χ2n) is 5.90. The highest BCUT2D eigenvalue weighted by Gasteiger charge is 2.07. The van der Waals surface area contributed by atoms with Gasteiger partial charge in [0.1, 0.15) is 5.04 Å². The van der Waals surface area contributed by atoms with Gasteiger partial charge in [0, 0.05) is 9.79 Å². The Bertz CT molecular complexity index is 900. The number of rotatable bonds is 5. The Kier molecular flexibility index (Phi) is 6.75. The van der Waals surface area contributed by atoms with Crippen LogP contribution in [-0.4, -0.2) is 5.04 Å². The van der Waals surface area contributed by atoms with Crippen molar-refractivity contribution in [3.63, 3.8) is 0 Å². The van der Waals surface area contributed by atoms with Crippen molar-refractivity contribution in [1.29, 1.82) is 0 Å². The molecule has 1 nitrogen and oxygen atoms in total. The average molecular weight is 376 g/mol. The van der Waals surface area contributed by atoms with Crippen molar-refractivity contribution < 1.29 is 0 Å². The van der Waals surface area contributed by atoms with Gasteiger partial charge in [0.15, 0.2) is 0 Å². The van der Waals surface area contributed by atoms with Crippen LogP contribution in [0.2, 0.25) is 0 Å². The normalized spacial score (nSPS) is 12.2. The van der Waals surface area contributed by atoms with E-state index in [2.05, 4.69) is 92.1 Å². The van der Waals surface area contributed by atoms with Crippen molar-refractivity contribution in [3.05, 3.63) is 101 Å². The molecule has 0 saturated carbocycles. The molecule has 3 aromatic carbocycles. The fourth-order valence-corrected chi connectivity index (χ4v) is 4.01. The van der Waals surface area contributed by atoms with Gasteiger partial charge in [0.05, 0.1) is 5.69 Å². The van der Waals surface area contributed by atoms with Gasteiger partial charge < -0.3 is 0 Å². The number of nitrogens with zero attached hydrogens (tertiary/aromatic N) is 1. The molecule has 130 valence electrons. The molecule has 3 heteroatoms. The van der Waals surface area contributed by atoms with Crippen LogP contribution in [0.4, 0.5) is 5.69 Å². The van der Waals surface area contributed by atoms with Gasteiger partial charge in [-0.3, -0.25) is 0 Å². The third-order valence-electron chi connectivity index (χ3n) is 3.64. The van der Waals surface area contributed by atoms with Crippen LogP contribution in [-0.2, 0) is 0 Å². The highest BCUT2D eigenvalue weighted by atomic mass is 32.2. The Morgan fingerprint density at radius 1 is 0.808 bits per heavy atom. The van der Waals surface area contributed by atoms with Crippen LogP contribution in [0, 0.1) is 6.92 Å². The highest BCUT2D eigenvalue weighted by Crippen LogP contribution is 2.29. The molecule has 0 aliphatic heterocycles. The van der Waals surface area contributed by atoms with E-state index in [9.17, 15) is 0 Å².